The highest BCUT2D eigenvalue weighted by molar-refractivity contribution is 8.00. The van der Waals surface area contributed by atoms with Crippen molar-refractivity contribution in [3.8, 4) is 0 Å². The lowest BCUT2D eigenvalue weighted by atomic mass is 10.1. The van der Waals surface area contributed by atoms with Gasteiger partial charge in [0.05, 0.1) is 4.92 Å². The topological polar surface area (TPSA) is 84.3 Å². The zero-order chi connectivity index (χ0) is 15.7. The van der Waals surface area contributed by atoms with E-state index in [-0.39, 0.29) is 22.4 Å². The summed E-state index contributed by atoms with van der Waals surface area (Å²) >= 11 is 1.80. The summed E-state index contributed by atoms with van der Waals surface area (Å²) in [5.41, 5.74) is 0.781. The molecule has 0 bridgehead atoms. The van der Waals surface area contributed by atoms with Gasteiger partial charge in [-0.25, -0.2) is 0 Å². The summed E-state index contributed by atoms with van der Waals surface area (Å²) in [4.78, 5) is 22.8. The largest absolute Gasteiger partial charge is 0.378 e. The van der Waals surface area contributed by atoms with Gasteiger partial charge in [-0.3, -0.25) is 14.9 Å². The van der Waals surface area contributed by atoms with Gasteiger partial charge in [0.1, 0.15) is 5.69 Å². The maximum atomic E-state index is 12.0. The van der Waals surface area contributed by atoms with Crippen LogP contribution in [0.4, 0.5) is 11.4 Å². The molecule has 0 saturated heterocycles. The van der Waals surface area contributed by atoms with Crippen molar-refractivity contribution in [2.75, 3.05) is 18.1 Å². The number of benzene rings is 1. The second-order valence-electron chi connectivity index (χ2n) is 5.98. The normalized spacial score (nSPS) is 18.6. The Bertz CT molecular complexity index is 612. The van der Waals surface area contributed by atoms with Gasteiger partial charge in [0.2, 0.25) is 0 Å². The molecular weight excluding hydrogens is 302 g/mol. The molecule has 22 heavy (non-hydrogen) atoms. The van der Waals surface area contributed by atoms with E-state index in [2.05, 4.69) is 16.9 Å². The zero-order valence-corrected chi connectivity index (χ0v) is 13.2. The van der Waals surface area contributed by atoms with Crippen LogP contribution in [-0.4, -0.2) is 34.4 Å². The van der Waals surface area contributed by atoms with Gasteiger partial charge < -0.3 is 10.6 Å². The lowest BCUT2D eigenvalue weighted by Gasteiger charge is -2.14. The number of carbonyl (C=O) groups excluding carboxylic acids is 1. The van der Waals surface area contributed by atoms with Crippen LogP contribution < -0.4 is 10.6 Å². The van der Waals surface area contributed by atoms with Crippen LogP contribution in [0.25, 0.3) is 0 Å². The Morgan fingerprint density at radius 1 is 1.45 bits per heavy atom. The van der Waals surface area contributed by atoms with E-state index >= 15 is 0 Å². The monoisotopic (exact) mass is 321 g/mol. The van der Waals surface area contributed by atoms with E-state index in [0.717, 1.165) is 25.7 Å². The Balaban J connectivity index is 1.74. The molecule has 2 N–H and O–H groups in total. The minimum atomic E-state index is -0.436. The summed E-state index contributed by atoms with van der Waals surface area (Å²) in [6, 6.07) is 4.88. The third kappa shape index (κ3) is 3.35. The van der Waals surface area contributed by atoms with Crippen molar-refractivity contribution in [2.24, 2.45) is 0 Å². The number of nitro groups is 1. The number of nitrogens with zero attached hydrogens (tertiary/aromatic N) is 1. The lowest BCUT2D eigenvalue weighted by Crippen LogP contribution is -2.25. The molecule has 0 atom stereocenters. The molecule has 0 spiro atoms. The Hall–Kier alpha value is -1.76. The van der Waals surface area contributed by atoms with Crippen LogP contribution in [0.15, 0.2) is 18.2 Å². The molecular formula is C15H19N3O3S. The van der Waals surface area contributed by atoms with E-state index in [1.165, 1.54) is 6.07 Å². The van der Waals surface area contributed by atoms with E-state index in [0.29, 0.717) is 17.8 Å². The van der Waals surface area contributed by atoms with Crippen molar-refractivity contribution in [3.05, 3.63) is 33.9 Å². The highest BCUT2D eigenvalue weighted by Crippen LogP contribution is 2.47. The number of nitrogens with one attached hydrogen (secondary N) is 2. The van der Waals surface area contributed by atoms with E-state index < -0.39 is 4.92 Å². The first-order chi connectivity index (χ1) is 10.5. The van der Waals surface area contributed by atoms with Gasteiger partial charge in [-0.1, -0.05) is 0 Å². The summed E-state index contributed by atoms with van der Waals surface area (Å²) in [6.07, 6.45) is 6.32. The standard InChI is InChI=1S/C15H19N3O3S/c1-22-15(6-7-15)9-16-12-5-2-10(8-13(12)18(20)21)14(19)17-11-3-4-11/h2,5,8,11,16H,3-4,6-7,9H2,1H3,(H,17,19). The summed E-state index contributed by atoms with van der Waals surface area (Å²) in [6.45, 7) is 0.711. The Labute approximate surface area is 133 Å². The molecule has 0 aliphatic heterocycles. The summed E-state index contributed by atoms with van der Waals surface area (Å²) in [5, 5.41) is 17.3. The highest BCUT2D eigenvalue weighted by Gasteiger charge is 2.41. The number of hydrogen-bond donors (Lipinski definition) is 2. The molecule has 2 fully saturated rings. The SMILES string of the molecule is CSC1(CNc2ccc(C(=O)NC3CC3)cc2[N+](=O)[O-])CC1. The molecule has 1 aromatic rings. The summed E-state index contributed by atoms with van der Waals surface area (Å²) < 4.78 is 0.218. The average Bonchev–Trinajstić information content (AvgIpc) is 3.41. The van der Waals surface area contributed by atoms with E-state index in [1.54, 1.807) is 23.9 Å². The number of anilines is 1. The molecule has 0 aromatic heterocycles. The number of carbonyl (C=O) groups is 1. The fourth-order valence-electron chi connectivity index (χ4n) is 2.32. The fraction of sp³-hybridized carbons (Fsp3) is 0.533. The van der Waals surface area contributed by atoms with Crippen molar-refractivity contribution >= 4 is 29.0 Å². The molecule has 118 valence electrons. The van der Waals surface area contributed by atoms with Gasteiger partial charge in [0.15, 0.2) is 0 Å². The van der Waals surface area contributed by atoms with E-state index in [4.69, 9.17) is 0 Å². The maximum absolute atomic E-state index is 12.0. The fourth-order valence-corrected chi connectivity index (χ4v) is 3.05. The highest BCUT2D eigenvalue weighted by atomic mass is 32.2. The van der Waals surface area contributed by atoms with E-state index in [1.807, 2.05) is 0 Å². The van der Waals surface area contributed by atoms with Crippen molar-refractivity contribution < 1.29 is 9.72 Å². The third-order valence-electron chi connectivity index (χ3n) is 4.21. The number of amides is 1. The number of nitro benzene ring substituents is 1. The third-order valence-corrected chi connectivity index (χ3v) is 5.63. The van der Waals surface area contributed by atoms with Gasteiger partial charge in [0, 0.05) is 29.0 Å². The zero-order valence-electron chi connectivity index (χ0n) is 12.4. The first-order valence-corrected chi connectivity index (χ1v) is 8.64. The van der Waals surface area contributed by atoms with Crippen LogP contribution in [0.3, 0.4) is 0 Å². The Morgan fingerprint density at radius 2 is 2.18 bits per heavy atom. The number of rotatable bonds is 7. The lowest BCUT2D eigenvalue weighted by molar-refractivity contribution is -0.384. The van der Waals surface area contributed by atoms with Crippen LogP contribution in [0, 0.1) is 10.1 Å². The predicted molar refractivity (Wildman–Crippen MR) is 87.6 cm³/mol. The quantitative estimate of drug-likeness (QED) is 0.596. The molecule has 1 aromatic carbocycles. The van der Waals surface area contributed by atoms with Crippen molar-refractivity contribution in [3.63, 3.8) is 0 Å². The molecule has 7 heteroatoms. The first-order valence-electron chi connectivity index (χ1n) is 7.41. The molecule has 3 rings (SSSR count). The van der Waals surface area contributed by atoms with Crippen molar-refractivity contribution in [1.82, 2.24) is 5.32 Å². The van der Waals surface area contributed by atoms with Crippen LogP contribution in [-0.2, 0) is 0 Å². The molecule has 2 aliphatic carbocycles. The molecule has 2 aliphatic rings. The molecule has 0 unspecified atom stereocenters. The van der Waals surface area contributed by atoms with Crippen molar-refractivity contribution in [1.29, 1.82) is 0 Å². The van der Waals surface area contributed by atoms with Crippen LogP contribution >= 0.6 is 11.8 Å². The van der Waals surface area contributed by atoms with Crippen LogP contribution in [0.5, 0.6) is 0 Å². The average molecular weight is 321 g/mol. The second-order valence-corrected chi connectivity index (χ2v) is 7.25. The minimum absolute atomic E-state index is 0.0413. The first kappa shape index (κ1) is 15.1. The van der Waals surface area contributed by atoms with Gasteiger partial charge in [-0.2, -0.15) is 11.8 Å². The summed E-state index contributed by atoms with van der Waals surface area (Å²) in [5.74, 6) is -0.236. The summed E-state index contributed by atoms with van der Waals surface area (Å²) in [7, 11) is 0. The molecule has 0 radical (unpaired) electrons. The van der Waals surface area contributed by atoms with Crippen molar-refractivity contribution in [2.45, 2.75) is 36.5 Å². The number of thioether (sulfide) groups is 1. The Morgan fingerprint density at radius 3 is 2.73 bits per heavy atom. The van der Waals surface area contributed by atoms with Crippen LogP contribution in [0.2, 0.25) is 0 Å². The second kappa shape index (κ2) is 5.79. The molecule has 6 nitrogen and oxygen atoms in total. The van der Waals surface area contributed by atoms with Gasteiger partial charge in [-0.15, -0.1) is 0 Å². The smallest absolute Gasteiger partial charge is 0.293 e. The van der Waals surface area contributed by atoms with Crippen LogP contribution in [0.1, 0.15) is 36.0 Å². The maximum Gasteiger partial charge on any atom is 0.293 e. The molecule has 1 amide bonds. The van der Waals surface area contributed by atoms with Gasteiger partial charge in [-0.05, 0) is 44.1 Å². The molecule has 2 saturated carbocycles. The molecule has 0 heterocycles. The number of hydrogen-bond acceptors (Lipinski definition) is 5. The minimum Gasteiger partial charge on any atom is -0.378 e. The predicted octanol–water partition coefficient (Wildman–Crippen LogP) is 2.79. The van der Waals surface area contributed by atoms with Gasteiger partial charge >= 0.3 is 0 Å². The van der Waals surface area contributed by atoms with Gasteiger partial charge in [0.25, 0.3) is 11.6 Å². The van der Waals surface area contributed by atoms with E-state index in [9.17, 15) is 14.9 Å². The Kier molecular flexibility index (Phi) is 3.99.